The molecule has 1 fully saturated rings. The lowest BCUT2D eigenvalue weighted by molar-refractivity contribution is -0.142. The lowest BCUT2D eigenvalue weighted by Crippen LogP contribution is -2.33. The Hall–Kier alpha value is -1.04. The summed E-state index contributed by atoms with van der Waals surface area (Å²) in [6.45, 7) is 1.56. The zero-order valence-electron chi connectivity index (χ0n) is 7.73. The van der Waals surface area contributed by atoms with E-state index in [1.165, 1.54) is 11.8 Å². The fourth-order valence-corrected chi connectivity index (χ4v) is 2.21. The van der Waals surface area contributed by atoms with Gasteiger partial charge in [0.05, 0.1) is 5.25 Å². The van der Waals surface area contributed by atoms with Crippen molar-refractivity contribution in [2.75, 3.05) is 13.1 Å². The monoisotopic (exact) mass is 217 g/mol. The van der Waals surface area contributed by atoms with Gasteiger partial charge >= 0.3 is 5.97 Å². The van der Waals surface area contributed by atoms with Crippen molar-refractivity contribution in [2.45, 2.75) is 18.6 Å². The van der Waals surface area contributed by atoms with Gasteiger partial charge in [0.15, 0.2) is 5.12 Å². The van der Waals surface area contributed by atoms with Crippen LogP contribution in [0.1, 0.15) is 13.3 Å². The number of carbonyl (C=O) groups is 3. The van der Waals surface area contributed by atoms with Crippen LogP contribution in [0.3, 0.4) is 0 Å². The van der Waals surface area contributed by atoms with Gasteiger partial charge in [-0.25, -0.2) is 0 Å². The third-order valence-electron chi connectivity index (χ3n) is 1.88. The van der Waals surface area contributed by atoms with Gasteiger partial charge in [-0.05, 0) is 6.42 Å². The van der Waals surface area contributed by atoms with Gasteiger partial charge in [-0.1, -0.05) is 11.8 Å². The van der Waals surface area contributed by atoms with E-state index in [-0.39, 0.29) is 22.8 Å². The van der Waals surface area contributed by atoms with Crippen LogP contribution in [0.4, 0.5) is 0 Å². The second kappa shape index (κ2) is 4.45. The summed E-state index contributed by atoms with van der Waals surface area (Å²) in [7, 11) is 0. The Kier molecular flexibility index (Phi) is 3.51. The second-order valence-corrected chi connectivity index (χ2v) is 4.42. The van der Waals surface area contributed by atoms with E-state index >= 15 is 0 Å². The first-order valence-corrected chi connectivity index (χ1v) is 5.06. The highest BCUT2D eigenvalue weighted by Crippen LogP contribution is 2.24. The third kappa shape index (κ3) is 2.73. The van der Waals surface area contributed by atoms with Crippen LogP contribution in [0.5, 0.6) is 0 Å². The number of rotatable bonds is 3. The molecule has 0 radical (unpaired) electrons. The number of hydrogen-bond donors (Lipinski definition) is 1. The number of hydrogen-bond acceptors (Lipinski definition) is 4. The zero-order valence-corrected chi connectivity index (χ0v) is 8.54. The molecule has 1 amide bonds. The summed E-state index contributed by atoms with van der Waals surface area (Å²) in [4.78, 5) is 33.8. The van der Waals surface area contributed by atoms with E-state index in [9.17, 15) is 14.4 Å². The molecule has 6 heteroatoms. The summed E-state index contributed by atoms with van der Waals surface area (Å²) in [5, 5.41) is 8.00. The molecule has 1 N–H and O–H groups in total. The summed E-state index contributed by atoms with van der Waals surface area (Å²) in [6.07, 6.45) is 0.552. The summed E-state index contributed by atoms with van der Waals surface area (Å²) in [5.74, 6) is -1.26. The molecule has 0 aromatic rings. The molecule has 0 aliphatic carbocycles. The highest BCUT2D eigenvalue weighted by Gasteiger charge is 2.33. The number of amides is 1. The van der Waals surface area contributed by atoms with Gasteiger partial charge in [-0.3, -0.25) is 14.4 Å². The van der Waals surface area contributed by atoms with Crippen molar-refractivity contribution in [2.24, 2.45) is 0 Å². The van der Waals surface area contributed by atoms with Gasteiger partial charge in [0, 0.05) is 13.5 Å². The minimum Gasteiger partial charge on any atom is -0.480 e. The van der Waals surface area contributed by atoms with E-state index in [1.807, 2.05) is 0 Å². The molecular weight excluding hydrogens is 206 g/mol. The molecule has 1 saturated heterocycles. The minimum atomic E-state index is -1.02. The van der Waals surface area contributed by atoms with E-state index in [0.717, 1.165) is 11.8 Å². The van der Waals surface area contributed by atoms with Crippen LogP contribution in [0.25, 0.3) is 0 Å². The molecule has 0 aromatic carbocycles. The second-order valence-electron chi connectivity index (χ2n) is 3.04. The molecule has 1 rings (SSSR count). The van der Waals surface area contributed by atoms with Crippen molar-refractivity contribution in [3.05, 3.63) is 0 Å². The van der Waals surface area contributed by atoms with E-state index in [1.54, 1.807) is 0 Å². The first-order chi connectivity index (χ1) is 6.50. The van der Waals surface area contributed by atoms with Gasteiger partial charge < -0.3 is 10.0 Å². The number of aliphatic carboxylic acids is 1. The van der Waals surface area contributed by atoms with Crippen LogP contribution in [0.15, 0.2) is 0 Å². The Bertz CT molecular complexity index is 253. The van der Waals surface area contributed by atoms with E-state index < -0.39 is 5.97 Å². The van der Waals surface area contributed by atoms with Crippen molar-refractivity contribution in [3.8, 4) is 0 Å². The van der Waals surface area contributed by atoms with Gasteiger partial charge in [0.1, 0.15) is 6.54 Å². The third-order valence-corrected chi connectivity index (χ3v) is 2.94. The van der Waals surface area contributed by atoms with Crippen LogP contribution in [0.2, 0.25) is 0 Å². The predicted molar refractivity (Wildman–Crippen MR) is 50.9 cm³/mol. The van der Waals surface area contributed by atoms with Crippen LogP contribution >= 0.6 is 11.8 Å². The number of nitrogens with zero attached hydrogens (tertiary/aromatic N) is 1. The maximum atomic E-state index is 11.5. The molecule has 0 saturated carbocycles. The summed E-state index contributed by atoms with van der Waals surface area (Å²) in [6, 6.07) is 0. The van der Waals surface area contributed by atoms with Gasteiger partial charge in [0.2, 0.25) is 5.91 Å². The van der Waals surface area contributed by atoms with Gasteiger partial charge in [-0.15, -0.1) is 0 Å². The van der Waals surface area contributed by atoms with Crippen molar-refractivity contribution in [1.82, 2.24) is 4.90 Å². The number of likely N-dealkylation sites (tertiary alicyclic amines) is 1. The summed E-state index contributed by atoms with van der Waals surface area (Å²) in [5.41, 5.74) is 0. The Labute approximate surface area is 85.4 Å². The Balaban J connectivity index is 2.51. The molecule has 1 aliphatic heterocycles. The van der Waals surface area contributed by atoms with Crippen molar-refractivity contribution in [3.63, 3.8) is 0 Å². The number of carboxylic acid groups (broad SMARTS) is 1. The predicted octanol–water partition coefficient (Wildman–Crippen LogP) is -0.0484. The molecule has 1 aliphatic rings. The average Bonchev–Trinajstić information content (AvgIpc) is 2.34. The number of carbonyl (C=O) groups excluding carboxylic acids is 2. The first kappa shape index (κ1) is 11.0. The maximum Gasteiger partial charge on any atom is 0.323 e. The minimum absolute atomic E-state index is 0.111. The SMILES string of the molecule is CC(=O)SC1CCN(CC(=O)O)C1=O. The molecule has 0 aromatic heterocycles. The number of carboxylic acids is 1. The van der Waals surface area contributed by atoms with Crippen molar-refractivity contribution in [1.29, 1.82) is 0 Å². The molecular formula is C8H11NO4S. The fraction of sp³-hybridized carbons (Fsp3) is 0.625. The fourth-order valence-electron chi connectivity index (χ4n) is 1.34. The molecule has 78 valence electrons. The zero-order chi connectivity index (χ0) is 10.7. The quantitative estimate of drug-likeness (QED) is 0.717. The van der Waals surface area contributed by atoms with E-state index in [2.05, 4.69) is 0 Å². The Morgan fingerprint density at radius 3 is 2.79 bits per heavy atom. The topological polar surface area (TPSA) is 74.7 Å². The lowest BCUT2D eigenvalue weighted by atomic mass is 10.4. The largest absolute Gasteiger partial charge is 0.480 e. The Morgan fingerprint density at radius 1 is 1.64 bits per heavy atom. The van der Waals surface area contributed by atoms with Crippen LogP contribution in [-0.4, -0.2) is 45.3 Å². The van der Waals surface area contributed by atoms with Gasteiger partial charge in [-0.2, -0.15) is 0 Å². The molecule has 0 spiro atoms. The first-order valence-electron chi connectivity index (χ1n) is 4.18. The summed E-state index contributed by atoms with van der Waals surface area (Å²) < 4.78 is 0. The number of thioether (sulfide) groups is 1. The molecule has 1 atom stereocenters. The standard InChI is InChI=1S/C8H11NO4S/c1-5(10)14-6-2-3-9(8(6)13)4-7(11)12/h6H,2-4H2,1H3,(H,11,12). The molecule has 1 unspecified atom stereocenters. The average molecular weight is 217 g/mol. The maximum absolute atomic E-state index is 11.5. The highest BCUT2D eigenvalue weighted by atomic mass is 32.2. The van der Waals surface area contributed by atoms with Gasteiger partial charge in [0.25, 0.3) is 0 Å². The van der Waals surface area contributed by atoms with Crippen LogP contribution in [0, 0.1) is 0 Å². The van der Waals surface area contributed by atoms with Crippen molar-refractivity contribution >= 4 is 28.8 Å². The van der Waals surface area contributed by atoms with Crippen LogP contribution < -0.4 is 0 Å². The van der Waals surface area contributed by atoms with E-state index in [0.29, 0.717) is 13.0 Å². The summed E-state index contributed by atoms with van der Waals surface area (Å²) >= 11 is 0.978. The normalized spacial score (nSPS) is 21.4. The highest BCUT2D eigenvalue weighted by molar-refractivity contribution is 8.14. The van der Waals surface area contributed by atoms with Crippen LogP contribution in [-0.2, 0) is 14.4 Å². The Morgan fingerprint density at radius 2 is 2.29 bits per heavy atom. The molecule has 5 nitrogen and oxygen atoms in total. The van der Waals surface area contributed by atoms with E-state index in [4.69, 9.17) is 5.11 Å². The lowest BCUT2D eigenvalue weighted by Gasteiger charge is -2.12. The molecule has 1 heterocycles. The smallest absolute Gasteiger partial charge is 0.323 e. The molecule has 0 bridgehead atoms. The van der Waals surface area contributed by atoms with Crippen molar-refractivity contribution < 1.29 is 19.5 Å². The molecule has 14 heavy (non-hydrogen) atoms.